The van der Waals surface area contributed by atoms with E-state index in [1.54, 1.807) is 20.8 Å². The molecule has 0 aliphatic heterocycles. The normalized spacial score (nSPS) is 30.1. The maximum absolute atomic E-state index is 11.7. The zero-order valence-electron chi connectivity index (χ0n) is 9.77. The van der Waals surface area contributed by atoms with Crippen LogP contribution in [0.2, 0.25) is 0 Å². The van der Waals surface area contributed by atoms with Gasteiger partial charge in [0.2, 0.25) is 0 Å². The largest absolute Gasteiger partial charge is 0.481 e. The first kappa shape index (κ1) is 13.0. The van der Waals surface area contributed by atoms with E-state index in [2.05, 4.69) is 0 Å². The summed E-state index contributed by atoms with van der Waals surface area (Å²) in [5, 5.41) is 18.3. The van der Waals surface area contributed by atoms with Crippen LogP contribution in [0.25, 0.3) is 0 Å². The van der Waals surface area contributed by atoms with Crippen molar-refractivity contribution in [1.82, 2.24) is 0 Å². The number of esters is 1. The molecular weight excluding hydrogens is 212 g/mol. The Bertz CT molecular complexity index is 291. The highest BCUT2D eigenvalue weighted by molar-refractivity contribution is 5.82. The van der Waals surface area contributed by atoms with E-state index < -0.39 is 35.5 Å². The van der Waals surface area contributed by atoms with Crippen molar-refractivity contribution >= 4 is 11.9 Å². The molecule has 1 saturated carbocycles. The van der Waals surface area contributed by atoms with Crippen molar-refractivity contribution in [1.29, 1.82) is 0 Å². The molecule has 5 nitrogen and oxygen atoms in total. The maximum Gasteiger partial charge on any atom is 0.310 e. The Balaban J connectivity index is 2.71. The van der Waals surface area contributed by atoms with Gasteiger partial charge in [0.25, 0.3) is 0 Å². The lowest BCUT2D eigenvalue weighted by Crippen LogP contribution is -2.32. The number of aliphatic hydroxyl groups excluding tert-OH is 1. The summed E-state index contributed by atoms with van der Waals surface area (Å²) >= 11 is 0. The van der Waals surface area contributed by atoms with Crippen molar-refractivity contribution in [3.05, 3.63) is 0 Å². The summed E-state index contributed by atoms with van der Waals surface area (Å²) in [5.74, 6) is -3.14. The zero-order chi connectivity index (χ0) is 12.5. The van der Waals surface area contributed by atoms with Crippen LogP contribution in [0.15, 0.2) is 0 Å². The molecule has 1 aliphatic carbocycles. The van der Waals surface area contributed by atoms with Gasteiger partial charge in [-0.1, -0.05) is 0 Å². The quantitative estimate of drug-likeness (QED) is 0.685. The van der Waals surface area contributed by atoms with Crippen molar-refractivity contribution in [2.24, 2.45) is 11.8 Å². The van der Waals surface area contributed by atoms with E-state index in [-0.39, 0.29) is 12.8 Å². The van der Waals surface area contributed by atoms with Gasteiger partial charge in [-0.05, 0) is 33.6 Å². The van der Waals surface area contributed by atoms with Crippen molar-refractivity contribution in [2.75, 3.05) is 0 Å². The minimum Gasteiger partial charge on any atom is -0.481 e. The van der Waals surface area contributed by atoms with E-state index in [0.29, 0.717) is 0 Å². The molecule has 0 aromatic rings. The fourth-order valence-electron chi connectivity index (χ4n) is 1.92. The highest BCUT2D eigenvalue weighted by Crippen LogP contribution is 2.34. The maximum atomic E-state index is 11.7. The van der Waals surface area contributed by atoms with Crippen molar-refractivity contribution in [2.45, 2.75) is 45.3 Å². The molecule has 1 rings (SSSR count). The summed E-state index contributed by atoms with van der Waals surface area (Å²) in [6, 6.07) is 0. The number of carboxylic acid groups (broad SMARTS) is 1. The molecule has 0 saturated heterocycles. The average Bonchev–Trinajstić information content (AvgIpc) is 2.44. The zero-order valence-corrected chi connectivity index (χ0v) is 9.77. The number of hydrogen-bond acceptors (Lipinski definition) is 4. The summed E-state index contributed by atoms with van der Waals surface area (Å²) in [7, 11) is 0. The van der Waals surface area contributed by atoms with Gasteiger partial charge >= 0.3 is 11.9 Å². The second-order valence-corrected chi connectivity index (χ2v) is 5.21. The van der Waals surface area contributed by atoms with Crippen LogP contribution in [0, 0.1) is 11.8 Å². The summed E-state index contributed by atoms with van der Waals surface area (Å²) < 4.78 is 5.14. The van der Waals surface area contributed by atoms with Gasteiger partial charge in [0.15, 0.2) is 0 Å². The van der Waals surface area contributed by atoms with Gasteiger partial charge in [-0.25, -0.2) is 0 Å². The molecule has 1 fully saturated rings. The van der Waals surface area contributed by atoms with Crippen LogP contribution >= 0.6 is 0 Å². The first-order chi connectivity index (χ1) is 7.20. The van der Waals surface area contributed by atoms with E-state index in [9.17, 15) is 14.7 Å². The van der Waals surface area contributed by atoms with Crippen LogP contribution in [0.5, 0.6) is 0 Å². The number of carbonyl (C=O) groups excluding carboxylic acids is 1. The molecule has 2 unspecified atom stereocenters. The molecule has 0 bridgehead atoms. The van der Waals surface area contributed by atoms with E-state index in [0.717, 1.165) is 0 Å². The Morgan fingerprint density at radius 2 is 1.69 bits per heavy atom. The van der Waals surface area contributed by atoms with Crippen LogP contribution in [0.1, 0.15) is 33.6 Å². The first-order valence-electron chi connectivity index (χ1n) is 5.34. The van der Waals surface area contributed by atoms with Crippen LogP contribution in [-0.2, 0) is 14.3 Å². The summed E-state index contributed by atoms with van der Waals surface area (Å²) in [6.07, 6.45) is -0.427. The lowest BCUT2D eigenvalue weighted by Gasteiger charge is -2.23. The van der Waals surface area contributed by atoms with Crippen LogP contribution in [0.4, 0.5) is 0 Å². The number of aliphatic hydroxyl groups is 1. The molecule has 3 atom stereocenters. The number of rotatable bonds is 2. The van der Waals surface area contributed by atoms with E-state index in [4.69, 9.17) is 9.84 Å². The second kappa shape index (κ2) is 4.41. The lowest BCUT2D eigenvalue weighted by atomic mass is 9.96. The fourth-order valence-corrected chi connectivity index (χ4v) is 1.92. The van der Waals surface area contributed by atoms with E-state index >= 15 is 0 Å². The molecule has 0 aromatic carbocycles. The monoisotopic (exact) mass is 230 g/mol. The number of aliphatic carboxylic acids is 1. The second-order valence-electron chi connectivity index (χ2n) is 5.21. The van der Waals surface area contributed by atoms with Crippen molar-refractivity contribution in [3.63, 3.8) is 0 Å². The fraction of sp³-hybridized carbons (Fsp3) is 0.818. The molecule has 0 radical (unpaired) electrons. The number of ether oxygens (including phenoxy) is 1. The minimum absolute atomic E-state index is 0.124. The van der Waals surface area contributed by atoms with Gasteiger partial charge < -0.3 is 14.9 Å². The Morgan fingerprint density at radius 3 is 2.12 bits per heavy atom. The van der Waals surface area contributed by atoms with Gasteiger partial charge in [-0.15, -0.1) is 0 Å². The third kappa shape index (κ3) is 3.20. The van der Waals surface area contributed by atoms with Crippen molar-refractivity contribution < 1.29 is 24.5 Å². The topological polar surface area (TPSA) is 83.8 Å². The molecule has 0 amide bonds. The summed E-state index contributed by atoms with van der Waals surface area (Å²) in [4.78, 5) is 22.6. The van der Waals surface area contributed by atoms with E-state index in [1.165, 1.54) is 0 Å². The molecule has 16 heavy (non-hydrogen) atoms. The predicted molar refractivity (Wildman–Crippen MR) is 55.7 cm³/mol. The minimum atomic E-state index is -1.05. The highest BCUT2D eigenvalue weighted by Gasteiger charge is 2.44. The van der Waals surface area contributed by atoms with Crippen LogP contribution < -0.4 is 0 Å². The van der Waals surface area contributed by atoms with Gasteiger partial charge in [-0.2, -0.15) is 0 Å². The Labute approximate surface area is 94.4 Å². The number of carbonyl (C=O) groups is 2. The van der Waals surface area contributed by atoms with Crippen LogP contribution in [0.3, 0.4) is 0 Å². The lowest BCUT2D eigenvalue weighted by molar-refractivity contribution is -0.165. The third-order valence-electron chi connectivity index (χ3n) is 2.56. The standard InChI is InChI=1S/C11H18O5/c1-11(2,3)16-10(15)8-5-6(12)4-7(8)9(13)14/h6-8,12H,4-5H2,1-3H3,(H,13,14)/t6-,7?,8?/m1/s1. The molecule has 0 heterocycles. The molecular formula is C11H18O5. The predicted octanol–water partition coefficient (Wildman–Crippen LogP) is 0.800. The molecule has 5 heteroatoms. The van der Waals surface area contributed by atoms with Gasteiger partial charge in [-0.3, -0.25) is 9.59 Å². The Hall–Kier alpha value is -1.10. The molecule has 92 valence electrons. The Morgan fingerprint density at radius 1 is 1.19 bits per heavy atom. The number of carboxylic acids is 1. The van der Waals surface area contributed by atoms with Crippen LogP contribution in [-0.4, -0.2) is 33.9 Å². The molecule has 2 N–H and O–H groups in total. The van der Waals surface area contributed by atoms with Gasteiger partial charge in [0.05, 0.1) is 17.9 Å². The first-order valence-corrected chi connectivity index (χ1v) is 5.34. The SMILES string of the molecule is CC(C)(C)OC(=O)C1C[C@H](O)CC1C(=O)O. The Kier molecular flexibility index (Phi) is 3.57. The molecule has 1 aliphatic rings. The smallest absolute Gasteiger partial charge is 0.310 e. The van der Waals surface area contributed by atoms with Crippen molar-refractivity contribution in [3.8, 4) is 0 Å². The van der Waals surface area contributed by atoms with Gasteiger partial charge in [0, 0.05) is 0 Å². The van der Waals surface area contributed by atoms with Gasteiger partial charge in [0.1, 0.15) is 5.60 Å². The third-order valence-corrected chi connectivity index (χ3v) is 2.56. The van der Waals surface area contributed by atoms with E-state index in [1.807, 2.05) is 0 Å². The summed E-state index contributed by atoms with van der Waals surface area (Å²) in [5.41, 5.74) is -0.631. The molecule has 0 spiro atoms. The number of hydrogen-bond donors (Lipinski definition) is 2. The highest BCUT2D eigenvalue weighted by atomic mass is 16.6. The summed E-state index contributed by atoms with van der Waals surface area (Å²) in [6.45, 7) is 5.18. The molecule has 0 aromatic heterocycles. The average molecular weight is 230 g/mol.